The van der Waals surface area contributed by atoms with Gasteiger partial charge < -0.3 is 24.5 Å². The maximum atomic E-state index is 14.5. The molecule has 0 aliphatic carbocycles. The van der Waals surface area contributed by atoms with Crippen LogP contribution in [0.3, 0.4) is 0 Å². The number of benzene rings is 1. The molecule has 3 aliphatic rings. The Kier molecular flexibility index (Phi) is 9.20. The summed E-state index contributed by atoms with van der Waals surface area (Å²) in [6, 6.07) is 7.79. The number of carbonyl (C=O) groups is 3. The van der Waals surface area contributed by atoms with Crippen LogP contribution in [0.15, 0.2) is 55.6 Å². The summed E-state index contributed by atoms with van der Waals surface area (Å²) < 4.78 is 6.67. The lowest BCUT2D eigenvalue weighted by molar-refractivity contribution is -0.153. The number of nitrogens with zero attached hydrogens (tertiary/aromatic N) is 3. The average Bonchev–Trinajstić information content (AvgIpc) is 3.58. The van der Waals surface area contributed by atoms with Crippen LogP contribution in [-0.2, 0) is 19.1 Å². The highest BCUT2D eigenvalue weighted by molar-refractivity contribution is 6.03. The summed E-state index contributed by atoms with van der Waals surface area (Å²) in [5.41, 5.74) is -0.399. The summed E-state index contributed by atoms with van der Waals surface area (Å²) in [4.78, 5) is 48.3. The first kappa shape index (κ1) is 30.0. The number of aliphatic hydroxyl groups excluding tert-OH is 1. The molecule has 218 valence electrons. The van der Waals surface area contributed by atoms with Gasteiger partial charge in [-0.15, -0.1) is 13.2 Å². The number of hydrogen-bond acceptors (Lipinski definition) is 5. The predicted octanol–water partition coefficient (Wildman–Crippen LogP) is 3.80. The van der Waals surface area contributed by atoms with E-state index in [1.807, 2.05) is 51.1 Å². The molecule has 3 amide bonds. The van der Waals surface area contributed by atoms with Crippen LogP contribution in [0.5, 0.6) is 0 Å². The maximum Gasteiger partial charge on any atom is 0.248 e. The molecule has 3 unspecified atom stereocenters. The predicted molar refractivity (Wildman–Crippen MR) is 155 cm³/mol. The van der Waals surface area contributed by atoms with Gasteiger partial charge in [0.15, 0.2) is 0 Å². The lowest BCUT2D eigenvalue weighted by atomic mass is 9.70. The fourth-order valence-electron chi connectivity index (χ4n) is 7.23. The zero-order valence-electron chi connectivity index (χ0n) is 24.4. The van der Waals surface area contributed by atoms with E-state index in [9.17, 15) is 19.5 Å². The number of para-hydroxylation sites is 1. The topological polar surface area (TPSA) is 90.4 Å². The molecule has 8 heteroatoms. The van der Waals surface area contributed by atoms with Crippen molar-refractivity contribution in [2.45, 2.75) is 83.2 Å². The molecule has 3 saturated heterocycles. The first-order valence-electron chi connectivity index (χ1n) is 14.7. The number of aliphatic hydroxyl groups is 1. The van der Waals surface area contributed by atoms with Crippen molar-refractivity contribution in [1.82, 2.24) is 9.80 Å². The van der Waals surface area contributed by atoms with Crippen LogP contribution >= 0.6 is 0 Å². The van der Waals surface area contributed by atoms with Crippen molar-refractivity contribution in [2.24, 2.45) is 17.8 Å². The standard InChI is InChI=1S/C32H45N3O5/c1-7-13-22(6)33(18-8-2)31(39)28-32-17-16-25(40-32)26(27(32)30(38)35(28)24(20-36)21(4)5)29(37)34(19-9-3)23-14-11-10-12-15-23/h8-12,14-15,21-22,24-28,36H,2-3,7,13,16-20H2,1,4-6H3/t22?,24-,25+,26-,27-,28?,32?/m0/s1. The van der Waals surface area contributed by atoms with Crippen molar-refractivity contribution in [3.63, 3.8) is 0 Å². The van der Waals surface area contributed by atoms with Gasteiger partial charge in [0.05, 0.1) is 30.6 Å². The van der Waals surface area contributed by atoms with Crippen LogP contribution in [0.2, 0.25) is 0 Å². The normalized spacial score (nSPS) is 28.4. The fraction of sp³-hybridized carbons (Fsp3) is 0.594. The number of carbonyl (C=O) groups excluding carboxylic acids is 3. The number of fused-ring (bicyclic) bond motifs is 1. The summed E-state index contributed by atoms with van der Waals surface area (Å²) >= 11 is 0. The zero-order valence-corrected chi connectivity index (χ0v) is 24.4. The summed E-state index contributed by atoms with van der Waals surface area (Å²) in [5.74, 6) is -2.31. The molecule has 3 fully saturated rings. The van der Waals surface area contributed by atoms with Crippen molar-refractivity contribution < 1.29 is 24.2 Å². The molecule has 0 radical (unpaired) electrons. The van der Waals surface area contributed by atoms with Gasteiger partial charge in [-0.1, -0.05) is 57.5 Å². The molecular formula is C32H45N3O5. The first-order valence-corrected chi connectivity index (χ1v) is 14.7. The number of likely N-dealkylation sites (tertiary alicyclic amines) is 1. The molecule has 2 bridgehead atoms. The molecule has 40 heavy (non-hydrogen) atoms. The first-order chi connectivity index (χ1) is 19.2. The Morgan fingerprint density at radius 2 is 1.82 bits per heavy atom. The molecule has 1 N–H and O–H groups in total. The smallest absolute Gasteiger partial charge is 0.248 e. The minimum Gasteiger partial charge on any atom is -0.394 e. The molecule has 8 nitrogen and oxygen atoms in total. The molecule has 1 aromatic carbocycles. The molecule has 3 heterocycles. The van der Waals surface area contributed by atoms with Gasteiger partial charge in [-0.05, 0) is 44.2 Å². The maximum absolute atomic E-state index is 14.5. The van der Waals surface area contributed by atoms with E-state index in [4.69, 9.17) is 4.74 Å². The Morgan fingerprint density at radius 1 is 1.15 bits per heavy atom. The van der Waals surface area contributed by atoms with E-state index in [0.29, 0.717) is 25.9 Å². The Bertz CT molecular complexity index is 1110. The summed E-state index contributed by atoms with van der Waals surface area (Å²) in [7, 11) is 0. The third-order valence-corrected chi connectivity index (χ3v) is 9.06. The van der Waals surface area contributed by atoms with Crippen LogP contribution in [0, 0.1) is 17.8 Å². The Labute approximate surface area is 238 Å². The van der Waals surface area contributed by atoms with Gasteiger partial charge in [0.2, 0.25) is 17.7 Å². The van der Waals surface area contributed by atoms with E-state index in [-0.39, 0.29) is 36.3 Å². The SMILES string of the molecule is C=CCN(C(=O)[C@@H]1[C@H]2C(=O)N([C@@H](CO)C(C)C)C(C(=O)N(CC=C)C(C)CCC)C23CC[C@H]1O3)c1ccccc1. The van der Waals surface area contributed by atoms with Crippen molar-refractivity contribution in [2.75, 3.05) is 24.6 Å². The highest BCUT2D eigenvalue weighted by Gasteiger charge is 2.75. The largest absolute Gasteiger partial charge is 0.394 e. The number of anilines is 1. The Hall–Kier alpha value is -2.97. The number of rotatable bonds is 13. The minimum absolute atomic E-state index is 0.0632. The zero-order chi connectivity index (χ0) is 29.2. The fourth-order valence-corrected chi connectivity index (χ4v) is 7.23. The second-order valence-corrected chi connectivity index (χ2v) is 11.8. The lowest BCUT2D eigenvalue weighted by Crippen LogP contribution is -2.60. The minimum atomic E-state index is -1.12. The highest BCUT2D eigenvalue weighted by Crippen LogP contribution is 2.59. The van der Waals surface area contributed by atoms with E-state index in [0.717, 1.165) is 18.5 Å². The summed E-state index contributed by atoms with van der Waals surface area (Å²) in [6.07, 6.45) is 5.74. The van der Waals surface area contributed by atoms with Crippen LogP contribution in [-0.4, -0.2) is 82.2 Å². The third kappa shape index (κ3) is 4.90. The van der Waals surface area contributed by atoms with Crippen molar-refractivity contribution in [3.8, 4) is 0 Å². The third-order valence-electron chi connectivity index (χ3n) is 9.06. The van der Waals surface area contributed by atoms with E-state index in [2.05, 4.69) is 20.1 Å². The monoisotopic (exact) mass is 551 g/mol. The summed E-state index contributed by atoms with van der Waals surface area (Å²) in [6.45, 7) is 16.0. The summed E-state index contributed by atoms with van der Waals surface area (Å²) in [5, 5.41) is 10.5. The van der Waals surface area contributed by atoms with Crippen LogP contribution in [0.4, 0.5) is 5.69 Å². The van der Waals surface area contributed by atoms with Gasteiger partial charge in [0.25, 0.3) is 0 Å². The molecule has 0 aromatic heterocycles. The van der Waals surface area contributed by atoms with Crippen molar-refractivity contribution in [1.29, 1.82) is 0 Å². The second-order valence-electron chi connectivity index (χ2n) is 11.8. The molecule has 1 spiro atoms. The highest BCUT2D eigenvalue weighted by atomic mass is 16.5. The quantitative estimate of drug-likeness (QED) is 0.377. The molecule has 0 saturated carbocycles. The number of ether oxygens (including phenoxy) is 1. The lowest BCUT2D eigenvalue weighted by Gasteiger charge is -2.41. The van der Waals surface area contributed by atoms with E-state index in [1.54, 1.807) is 26.9 Å². The molecular weight excluding hydrogens is 506 g/mol. The van der Waals surface area contributed by atoms with E-state index in [1.165, 1.54) is 0 Å². The Morgan fingerprint density at radius 3 is 2.40 bits per heavy atom. The van der Waals surface area contributed by atoms with Crippen molar-refractivity contribution >= 4 is 23.4 Å². The Balaban J connectivity index is 1.80. The van der Waals surface area contributed by atoms with E-state index >= 15 is 0 Å². The molecule has 1 aromatic rings. The van der Waals surface area contributed by atoms with Gasteiger partial charge in [0.1, 0.15) is 11.6 Å². The van der Waals surface area contributed by atoms with Crippen LogP contribution in [0.25, 0.3) is 0 Å². The van der Waals surface area contributed by atoms with Gasteiger partial charge >= 0.3 is 0 Å². The van der Waals surface area contributed by atoms with Gasteiger partial charge in [-0.2, -0.15) is 0 Å². The molecule has 4 rings (SSSR count). The van der Waals surface area contributed by atoms with Gasteiger partial charge in [-0.3, -0.25) is 14.4 Å². The van der Waals surface area contributed by atoms with Gasteiger partial charge in [0, 0.05) is 24.8 Å². The van der Waals surface area contributed by atoms with Crippen LogP contribution < -0.4 is 4.90 Å². The van der Waals surface area contributed by atoms with Crippen LogP contribution in [0.1, 0.15) is 53.4 Å². The number of amides is 3. The van der Waals surface area contributed by atoms with Crippen molar-refractivity contribution in [3.05, 3.63) is 55.6 Å². The van der Waals surface area contributed by atoms with Gasteiger partial charge in [-0.25, -0.2) is 0 Å². The number of hydrogen-bond donors (Lipinski definition) is 1. The second kappa shape index (κ2) is 12.3. The molecule has 7 atom stereocenters. The van der Waals surface area contributed by atoms with E-state index < -0.39 is 35.6 Å². The average molecular weight is 552 g/mol. The molecule has 3 aliphatic heterocycles.